The minimum absolute atomic E-state index is 0.0997. The molecule has 5 nitrogen and oxygen atoms in total. The number of aromatic carboxylic acids is 1. The van der Waals surface area contributed by atoms with E-state index in [0.29, 0.717) is 10.8 Å². The molecule has 19 heavy (non-hydrogen) atoms. The van der Waals surface area contributed by atoms with Crippen LogP contribution in [0.1, 0.15) is 24.3 Å². The van der Waals surface area contributed by atoms with Crippen molar-refractivity contribution >= 4 is 16.7 Å². The predicted molar refractivity (Wildman–Crippen MR) is 72.4 cm³/mol. The fraction of sp³-hybridized carbons (Fsp3) is 0.214. The molecule has 0 unspecified atom stereocenters. The van der Waals surface area contributed by atoms with Gasteiger partial charge in [-0.15, -0.1) is 0 Å². The number of carbonyl (C=O) groups is 1. The van der Waals surface area contributed by atoms with E-state index in [2.05, 4.69) is 5.10 Å². The van der Waals surface area contributed by atoms with Gasteiger partial charge in [0.15, 0.2) is 5.69 Å². The number of aromatic nitrogens is 2. The Bertz CT molecular complexity index is 725. The van der Waals surface area contributed by atoms with E-state index in [-0.39, 0.29) is 17.8 Å². The van der Waals surface area contributed by atoms with Crippen LogP contribution in [0.4, 0.5) is 0 Å². The summed E-state index contributed by atoms with van der Waals surface area (Å²) in [6, 6.07) is 6.61. The number of fused-ring (bicyclic) bond motifs is 1. The maximum Gasteiger partial charge on any atom is 0.357 e. The highest BCUT2D eigenvalue weighted by Crippen LogP contribution is 2.13. The Labute approximate surface area is 109 Å². The number of nitrogens with zero attached hydrogens (tertiary/aromatic N) is 2. The van der Waals surface area contributed by atoms with Gasteiger partial charge >= 0.3 is 5.97 Å². The van der Waals surface area contributed by atoms with Crippen LogP contribution in [0.2, 0.25) is 0 Å². The molecular formula is C14H14N2O3. The molecule has 1 aromatic heterocycles. The van der Waals surface area contributed by atoms with Crippen LogP contribution in [0.5, 0.6) is 0 Å². The molecule has 1 N–H and O–H groups in total. The van der Waals surface area contributed by atoms with Gasteiger partial charge < -0.3 is 5.11 Å². The zero-order chi connectivity index (χ0) is 14.0. The van der Waals surface area contributed by atoms with Gasteiger partial charge in [-0.05, 0) is 19.9 Å². The van der Waals surface area contributed by atoms with Crippen LogP contribution >= 0.6 is 0 Å². The molecule has 0 aliphatic carbocycles. The molecule has 0 radical (unpaired) electrons. The highest BCUT2D eigenvalue weighted by Gasteiger charge is 2.14. The lowest BCUT2D eigenvalue weighted by atomic mass is 10.1. The zero-order valence-corrected chi connectivity index (χ0v) is 10.8. The molecule has 0 spiro atoms. The molecule has 2 aromatic rings. The Morgan fingerprint density at radius 1 is 1.32 bits per heavy atom. The molecule has 5 heteroatoms. The van der Waals surface area contributed by atoms with E-state index in [9.17, 15) is 14.7 Å². The second kappa shape index (κ2) is 5.06. The number of allylic oxidation sites excluding steroid dienone is 2. The minimum Gasteiger partial charge on any atom is -0.476 e. The predicted octanol–water partition coefficient (Wildman–Crippen LogP) is 2.06. The van der Waals surface area contributed by atoms with Gasteiger partial charge in [-0.25, -0.2) is 9.48 Å². The van der Waals surface area contributed by atoms with Crippen LogP contribution in [-0.4, -0.2) is 20.9 Å². The van der Waals surface area contributed by atoms with E-state index in [0.717, 1.165) is 5.57 Å². The molecule has 0 saturated heterocycles. The van der Waals surface area contributed by atoms with E-state index >= 15 is 0 Å². The molecule has 1 aromatic carbocycles. The maximum absolute atomic E-state index is 12.2. The lowest BCUT2D eigenvalue weighted by Gasteiger charge is -2.07. The summed E-state index contributed by atoms with van der Waals surface area (Å²) in [4.78, 5) is 23.4. The number of hydrogen-bond donors (Lipinski definition) is 1. The number of rotatable bonds is 3. The molecule has 1 heterocycles. The molecule has 98 valence electrons. The first-order valence-corrected chi connectivity index (χ1v) is 5.87. The van der Waals surface area contributed by atoms with Crippen molar-refractivity contribution in [1.29, 1.82) is 0 Å². The number of benzene rings is 1. The quantitative estimate of drug-likeness (QED) is 0.855. The summed E-state index contributed by atoms with van der Waals surface area (Å²) < 4.78 is 1.18. The molecule has 2 rings (SSSR count). The first-order valence-electron chi connectivity index (χ1n) is 5.87. The number of carboxylic acid groups (broad SMARTS) is 1. The Kier molecular flexibility index (Phi) is 3.46. The highest BCUT2D eigenvalue weighted by atomic mass is 16.4. The summed E-state index contributed by atoms with van der Waals surface area (Å²) in [6.07, 6.45) is 1.83. The second-order valence-electron chi connectivity index (χ2n) is 4.47. The fourth-order valence-electron chi connectivity index (χ4n) is 1.79. The third kappa shape index (κ3) is 2.54. The summed E-state index contributed by atoms with van der Waals surface area (Å²) >= 11 is 0. The average Bonchev–Trinajstić information content (AvgIpc) is 2.37. The van der Waals surface area contributed by atoms with Crippen LogP contribution in [0, 0.1) is 0 Å². The topological polar surface area (TPSA) is 72.2 Å². The normalized spacial score (nSPS) is 10.4. The average molecular weight is 258 g/mol. The smallest absolute Gasteiger partial charge is 0.357 e. The van der Waals surface area contributed by atoms with Crippen LogP contribution in [-0.2, 0) is 6.54 Å². The Morgan fingerprint density at radius 3 is 2.53 bits per heavy atom. The van der Waals surface area contributed by atoms with Crippen molar-refractivity contribution in [1.82, 2.24) is 9.78 Å². The van der Waals surface area contributed by atoms with Gasteiger partial charge in [0.2, 0.25) is 0 Å². The Balaban J connectivity index is 2.73. The van der Waals surface area contributed by atoms with Gasteiger partial charge in [-0.3, -0.25) is 4.79 Å². The molecule has 0 bridgehead atoms. The fourth-order valence-corrected chi connectivity index (χ4v) is 1.79. The van der Waals surface area contributed by atoms with Gasteiger partial charge in [0.05, 0.1) is 11.9 Å². The third-order valence-corrected chi connectivity index (χ3v) is 2.74. The number of hydrogen-bond acceptors (Lipinski definition) is 3. The second-order valence-corrected chi connectivity index (χ2v) is 4.47. The zero-order valence-electron chi connectivity index (χ0n) is 10.8. The van der Waals surface area contributed by atoms with Crippen molar-refractivity contribution in [3.05, 3.63) is 52.0 Å². The van der Waals surface area contributed by atoms with Crippen LogP contribution in [0.3, 0.4) is 0 Å². The summed E-state index contributed by atoms with van der Waals surface area (Å²) in [6.45, 7) is 4.08. The molecule has 0 aliphatic heterocycles. The lowest BCUT2D eigenvalue weighted by Crippen LogP contribution is -2.25. The third-order valence-electron chi connectivity index (χ3n) is 2.74. The maximum atomic E-state index is 12.2. The largest absolute Gasteiger partial charge is 0.476 e. The van der Waals surface area contributed by atoms with E-state index in [4.69, 9.17) is 0 Å². The summed E-state index contributed by atoms with van der Waals surface area (Å²) in [5, 5.41) is 13.9. The van der Waals surface area contributed by atoms with Gasteiger partial charge in [0, 0.05) is 5.39 Å². The lowest BCUT2D eigenvalue weighted by molar-refractivity contribution is 0.0690. The standard InChI is InChI=1S/C14H14N2O3/c1-9(2)7-8-16-13(17)11-6-4-3-5-10(11)12(15-16)14(18)19/h3-7H,8H2,1-2H3,(H,18,19). The van der Waals surface area contributed by atoms with E-state index in [1.807, 2.05) is 19.9 Å². The first-order chi connectivity index (χ1) is 9.00. The van der Waals surface area contributed by atoms with Gasteiger partial charge in [-0.1, -0.05) is 29.8 Å². The summed E-state index contributed by atoms with van der Waals surface area (Å²) in [5.74, 6) is -1.14. The van der Waals surface area contributed by atoms with Crippen molar-refractivity contribution in [3.63, 3.8) is 0 Å². The van der Waals surface area contributed by atoms with Crippen LogP contribution in [0.25, 0.3) is 10.8 Å². The van der Waals surface area contributed by atoms with Gasteiger partial charge in [0.1, 0.15) is 0 Å². The molecule has 0 fully saturated rings. The Morgan fingerprint density at radius 2 is 1.95 bits per heavy atom. The van der Waals surface area contributed by atoms with Gasteiger partial charge in [-0.2, -0.15) is 5.10 Å². The molecule has 0 atom stereocenters. The Hall–Kier alpha value is -2.43. The number of carboxylic acids is 1. The molecular weight excluding hydrogens is 244 g/mol. The van der Waals surface area contributed by atoms with Crippen molar-refractivity contribution < 1.29 is 9.90 Å². The van der Waals surface area contributed by atoms with Crippen molar-refractivity contribution in [2.75, 3.05) is 0 Å². The summed E-state index contributed by atoms with van der Waals surface area (Å²) in [7, 11) is 0. The van der Waals surface area contributed by atoms with E-state index in [1.165, 1.54) is 4.68 Å². The van der Waals surface area contributed by atoms with Gasteiger partial charge in [0.25, 0.3) is 5.56 Å². The van der Waals surface area contributed by atoms with Crippen molar-refractivity contribution in [3.8, 4) is 0 Å². The molecule has 0 aliphatic rings. The van der Waals surface area contributed by atoms with Crippen LogP contribution < -0.4 is 5.56 Å². The first kappa shape index (κ1) is 13.0. The monoisotopic (exact) mass is 258 g/mol. The van der Waals surface area contributed by atoms with E-state index in [1.54, 1.807) is 24.3 Å². The summed E-state index contributed by atoms with van der Waals surface area (Å²) in [5.41, 5.74) is 0.661. The minimum atomic E-state index is -1.14. The molecule has 0 amide bonds. The van der Waals surface area contributed by atoms with Crippen LogP contribution in [0.15, 0.2) is 40.7 Å². The van der Waals surface area contributed by atoms with E-state index < -0.39 is 5.97 Å². The van der Waals surface area contributed by atoms with Crippen molar-refractivity contribution in [2.24, 2.45) is 0 Å². The molecule has 0 saturated carbocycles. The van der Waals surface area contributed by atoms with Crippen molar-refractivity contribution in [2.45, 2.75) is 20.4 Å². The highest BCUT2D eigenvalue weighted by molar-refractivity contribution is 6.01. The SMILES string of the molecule is CC(C)=CCn1nc(C(=O)O)c2ccccc2c1=O.